The predicted molar refractivity (Wildman–Crippen MR) is 89.8 cm³/mol. The summed E-state index contributed by atoms with van der Waals surface area (Å²) in [6, 6.07) is 14.3. The fraction of sp³-hybridized carbons (Fsp3) is 0.278. The Morgan fingerprint density at radius 2 is 1.71 bits per heavy atom. The Kier molecular flexibility index (Phi) is 6.31. The number of benzene rings is 2. The number of thioether (sulfide) groups is 1. The van der Waals surface area contributed by atoms with E-state index in [-0.39, 0.29) is 11.9 Å². The third kappa shape index (κ3) is 5.60. The second kappa shape index (κ2) is 8.24. The average molecular weight is 353 g/mol. The summed E-state index contributed by atoms with van der Waals surface area (Å²) < 4.78 is 37.6. The molecule has 1 atom stereocenters. The Bertz CT molecular complexity index is 656. The van der Waals surface area contributed by atoms with Gasteiger partial charge in [-0.15, -0.1) is 11.8 Å². The minimum Gasteiger partial charge on any atom is -0.350 e. The highest BCUT2D eigenvalue weighted by molar-refractivity contribution is 7.99. The lowest BCUT2D eigenvalue weighted by Gasteiger charge is -2.15. The molecule has 0 aliphatic rings. The molecule has 128 valence electrons. The number of nitrogens with one attached hydrogen (secondary N) is 1. The monoisotopic (exact) mass is 353 g/mol. The molecule has 0 aliphatic carbocycles. The van der Waals surface area contributed by atoms with Crippen LogP contribution in [0.25, 0.3) is 0 Å². The van der Waals surface area contributed by atoms with E-state index >= 15 is 0 Å². The van der Waals surface area contributed by atoms with Crippen LogP contribution in [0, 0.1) is 0 Å². The van der Waals surface area contributed by atoms with E-state index in [1.54, 1.807) is 18.7 Å². The van der Waals surface area contributed by atoms with E-state index in [2.05, 4.69) is 5.32 Å². The van der Waals surface area contributed by atoms with E-state index in [0.717, 1.165) is 17.0 Å². The Morgan fingerprint density at radius 3 is 2.29 bits per heavy atom. The average Bonchev–Trinajstić information content (AvgIpc) is 2.55. The molecule has 2 aromatic carbocycles. The van der Waals surface area contributed by atoms with Crippen molar-refractivity contribution in [3.63, 3.8) is 0 Å². The molecule has 0 saturated carbocycles. The summed E-state index contributed by atoms with van der Waals surface area (Å²) in [6.07, 6.45) is -4.00. The van der Waals surface area contributed by atoms with Crippen LogP contribution in [-0.4, -0.2) is 11.7 Å². The van der Waals surface area contributed by atoms with Crippen LogP contribution in [0.15, 0.2) is 59.5 Å². The largest absolute Gasteiger partial charge is 0.416 e. The van der Waals surface area contributed by atoms with Crippen LogP contribution in [0.4, 0.5) is 13.2 Å². The van der Waals surface area contributed by atoms with Gasteiger partial charge in [0.1, 0.15) is 0 Å². The number of hydrogen-bond acceptors (Lipinski definition) is 2. The van der Waals surface area contributed by atoms with Crippen LogP contribution >= 0.6 is 11.8 Å². The first-order valence-corrected chi connectivity index (χ1v) is 8.49. The molecule has 1 N–H and O–H groups in total. The van der Waals surface area contributed by atoms with Crippen LogP contribution in [0.3, 0.4) is 0 Å². The van der Waals surface area contributed by atoms with Gasteiger partial charge >= 0.3 is 6.18 Å². The summed E-state index contributed by atoms with van der Waals surface area (Å²) in [5.74, 6) is 0.529. The quantitative estimate of drug-likeness (QED) is 0.735. The highest BCUT2D eigenvalue weighted by atomic mass is 32.2. The number of carbonyl (C=O) groups excluding carboxylic acids is 1. The third-order valence-electron chi connectivity index (χ3n) is 3.46. The molecular weight excluding hydrogens is 335 g/mol. The summed E-state index contributed by atoms with van der Waals surface area (Å²) in [5, 5.41) is 2.81. The van der Waals surface area contributed by atoms with Gasteiger partial charge in [-0.3, -0.25) is 4.79 Å². The lowest BCUT2D eigenvalue weighted by atomic mass is 10.1. The van der Waals surface area contributed by atoms with Crippen molar-refractivity contribution in [3.8, 4) is 0 Å². The molecule has 24 heavy (non-hydrogen) atoms. The molecule has 0 saturated heterocycles. The Labute approximate surface area is 143 Å². The van der Waals surface area contributed by atoms with E-state index in [9.17, 15) is 18.0 Å². The van der Waals surface area contributed by atoms with E-state index in [1.165, 1.54) is 12.1 Å². The van der Waals surface area contributed by atoms with Gasteiger partial charge in [0.2, 0.25) is 5.91 Å². The van der Waals surface area contributed by atoms with E-state index in [1.807, 2.05) is 30.3 Å². The Hall–Kier alpha value is -1.95. The van der Waals surface area contributed by atoms with Crippen molar-refractivity contribution in [2.45, 2.75) is 30.5 Å². The second-order valence-corrected chi connectivity index (χ2v) is 6.49. The molecule has 1 amide bonds. The van der Waals surface area contributed by atoms with Gasteiger partial charge < -0.3 is 5.32 Å². The first kappa shape index (κ1) is 18.4. The fourth-order valence-corrected chi connectivity index (χ4v) is 3.01. The molecule has 0 spiro atoms. The summed E-state index contributed by atoms with van der Waals surface area (Å²) in [7, 11) is 0. The number of carbonyl (C=O) groups is 1. The molecule has 1 unspecified atom stereocenters. The number of rotatable bonds is 6. The van der Waals surface area contributed by atoms with Crippen molar-refractivity contribution in [1.29, 1.82) is 0 Å². The topological polar surface area (TPSA) is 29.1 Å². The standard InChI is InChI=1S/C18H18F3NOS/c1-13(14-7-9-15(10-8-14)18(19,20)21)22-17(23)11-12-24-16-5-3-2-4-6-16/h2-10,13H,11-12H2,1H3,(H,22,23). The first-order valence-electron chi connectivity index (χ1n) is 7.50. The molecule has 0 bridgehead atoms. The highest BCUT2D eigenvalue weighted by Gasteiger charge is 2.30. The Morgan fingerprint density at radius 1 is 1.08 bits per heavy atom. The lowest BCUT2D eigenvalue weighted by Crippen LogP contribution is -2.26. The minimum atomic E-state index is -4.35. The van der Waals surface area contributed by atoms with Crippen molar-refractivity contribution in [1.82, 2.24) is 5.32 Å². The van der Waals surface area contributed by atoms with Crippen LogP contribution in [0.1, 0.15) is 30.5 Å². The molecule has 2 aromatic rings. The summed E-state index contributed by atoms with van der Waals surface area (Å²) in [5.41, 5.74) is -0.0453. The van der Waals surface area contributed by atoms with Crippen LogP contribution in [-0.2, 0) is 11.0 Å². The first-order chi connectivity index (χ1) is 11.4. The molecular formula is C18H18F3NOS. The number of hydrogen-bond donors (Lipinski definition) is 1. The molecule has 0 aliphatic heterocycles. The Balaban J connectivity index is 1.80. The van der Waals surface area contributed by atoms with Gasteiger partial charge in [-0.1, -0.05) is 30.3 Å². The zero-order valence-corrected chi connectivity index (χ0v) is 14.0. The minimum absolute atomic E-state index is 0.120. The van der Waals surface area contributed by atoms with Gasteiger partial charge in [0.05, 0.1) is 11.6 Å². The molecule has 0 fully saturated rings. The lowest BCUT2D eigenvalue weighted by molar-refractivity contribution is -0.137. The van der Waals surface area contributed by atoms with Crippen LogP contribution < -0.4 is 5.32 Å². The van der Waals surface area contributed by atoms with E-state index < -0.39 is 11.7 Å². The van der Waals surface area contributed by atoms with Gasteiger partial charge in [-0.25, -0.2) is 0 Å². The maximum Gasteiger partial charge on any atom is 0.416 e. The maximum absolute atomic E-state index is 12.5. The maximum atomic E-state index is 12.5. The van der Waals surface area contributed by atoms with Gasteiger partial charge in [-0.2, -0.15) is 13.2 Å². The molecule has 2 rings (SSSR count). The molecule has 2 nitrogen and oxygen atoms in total. The summed E-state index contributed by atoms with van der Waals surface area (Å²) >= 11 is 1.59. The summed E-state index contributed by atoms with van der Waals surface area (Å²) in [4.78, 5) is 13.0. The smallest absolute Gasteiger partial charge is 0.350 e. The third-order valence-corrected chi connectivity index (χ3v) is 4.47. The number of halogens is 3. The van der Waals surface area contributed by atoms with Gasteiger partial charge in [0.25, 0.3) is 0 Å². The zero-order valence-electron chi connectivity index (χ0n) is 13.1. The summed E-state index contributed by atoms with van der Waals surface area (Å²) in [6.45, 7) is 1.75. The van der Waals surface area contributed by atoms with Gasteiger partial charge in [0, 0.05) is 17.1 Å². The van der Waals surface area contributed by atoms with Crippen molar-refractivity contribution in [2.75, 3.05) is 5.75 Å². The predicted octanol–water partition coefficient (Wildman–Crippen LogP) is 5.07. The van der Waals surface area contributed by atoms with Crippen molar-refractivity contribution in [2.24, 2.45) is 0 Å². The zero-order chi connectivity index (χ0) is 17.6. The van der Waals surface area contributed by atoms with E-state index in [4.69, 9.17) is 0 Å². The van der Waals surface area contributed by atoms with Crippen molar-refractivity contribution >= 4 is 17.7 Å². The molecule has 0 radical (unpaired) electrons. The van der Waals surface area contributed by atoms with Crippen molar-refractivity contribution in [3.05, 3.63) is 65.7 Å². The highest BCUT2D eigenvalue weighted by Crippen LogP contribution is 2.29. The van der Waals surface area contributed by atoms with E-state index in [0.29, 0.717) is 17.7 Å². The van der Waals surface area contributed by atoms with Gasteiger partial charge in [0.15, 0.2) is 0 Å². The van der Waals surface area contributed by atoms with Crippen molar-refractivity contribution < 1.29 is 18.0 Å². The van der Waals surface area contributed by atoms with Crippen LogP contribution in [0.5, 0.6) is 0 Å². The SMILES string of the molecule is CC(NC(=O)CCSc1ccccc1)c1ccc(C(F)(F)F)cc1. The normalized spacial score (nSPS) is 12.7. The second-order valence-electron chi connectivity index (χ2n) is 5.32. The molecule has 6 heteroatoms. The molecule has 0 aromatic heterocycles. The van der Waals surface area contributed by atoms with Crippen LogP contribution in [0.2, 0.25) is 0 Å². The number of amides is 1. The van der Waals surface area contributed by atoms with Gasteiger partial charge in [-0.05, 0) is 36.8 Å². The number of alkyl halides is 3. The fourth-order valence-electron chi connectivity index (χ4n) is 2.14. The molecule has 0 heterocycles.